The predicted octanol–water partition coefficient (Wildman–Crippen LogP) is 4.08. The highest BCUT2D eigenvalue weighted by Crippen LogP contribution is 2.50. The molecule has 176 valence electrons. The van der Waals surface area contributed by atoms with Crippen LogP contribution in [-0.2, 0) is 10.8 Å². The number of hydrogen-bond donors (Lipinski definition) is 2. The fraction of sp³-hybridized carbons (Fsp3) is 0.583. The minimum absolute atomic E-state index is 0.0379. The van der Waals surface area contributed by atoms with Gasteiger partial charge in [0.2, 0.25) is 11.8 Å². The number of anilines is 2. The second-order valence-corrected chi connectivity index (χ2v) is 12.0. The van der Waals surface area contributed by atoms with Gasteiger partial charge in [0.05, 0.1) is 12.1 Å². The van der Waals surface area contributed by atoms with Crippen LogP contribution in [0.2, 0.25) is 5.02 Å². The minimum Gasteiger partial charge on any atom is -0.463 e. The van der Waals surface area contributed by atoms with E-state index in [2.05, 4.69) is 27.3 Å². The highest BCUT2D eigenvalue weighted by Gasteiger charge is 2.47. The van der Waals surface area contributed by atoms with Gasteiger partial charge in [-0.1, -0.05) is 23.7 Å². The molecule has 1 atom stereocenters. The molecule has 2 aliphatic heterocycles. The Labute approximate surface area is 201 Å². The first-order chi connectivity index (χ1) is 16.0. The molecule has 2 saturated carbocycles. The van der Waals surface area contributed by atoms with Gasteiger partial charge in [-0.2, -0.15) is 9.97 Å². The predicted molar refractivity (Wildman–Crippen MR) is 129 cm³/mol. The molecule has 1 aromatic heterocycles. The summed E-state index contributed by atoms with van der Waals surface area (Å²) in [5.74, 6) is 2.33. The van der Waals surface area contributed by atoms with E-state index in [9.17, 15) is 9.32 Å². The fourth-order valence-electron chi connectivity index (χ4n) is 5.81. The van der Waals surface area contributed by atoms with E-state index in [1.807, 2.05) is 12.1 Å². The van der Waals surface area contributed by atoms with Crippen molar-refractivity contribution in [2.75, 3.05) is 35.9 Å². The maximum Gasteiger partial charge on any atom is 0.238 e. The first-order valence-corrected chi connectivity index (χ1v) is 13.5. The molecule has 4 aliphatic rings. The van der Waals surface area contributed by atoms with Gasteiger partial charge >= 0.3 is 0 Å². The molecule has 3 fully saturated rings. The zero-order valence-electron chi connectivity index (χ0n) is 18.6. The highest BCUT2D eigenvalue weighted by atomic mass is 35.5. The van der Waals surface area contributed by atoms with Crippen molar-refractivity contribution in [3.63, 3.8) is 0 Å². The second kappa shape index (κ2) is 8.10. The Bertz CT molecular complexity index is 1070. The van der Waals surface area contributed by atoms with Crippen molar-refractivity contribution in [2.24, 2.45) is 5.41 Å². The molecular formula is C24H29ClN4O3S. The number of hydrogen-bond acceptors (Lipinski definition) is 7. The molecule has 2 aromatic rings. The van der Waals surface area contributed by atoms with E-state index in [1.54, 1.807) is 0 Å². The lowest BCUT2D eigenvalue weighted by Crippen LogP contribution is -2.58. The van der Waals surface area contributed by atoms with Crippen molar-refractivity contribution >= 4 is 34.2 Å². The average Bonchev–Trinajstić information content (AvgIpc) is 3.16. The number of halogens is 1. The third-order valence-corrected chi connectivity index (χ3v) is 9.48. The topological polar surface area (TPSA) is 87.6 Å². The number of rotatable bonds is 5. The molecule has 7 nitrogen and oxygen atoms in total. The van der Waals surface area contributed by atoms with Gasteiger partial charge in [0.1, 0.15) is 15.7 Å². The van der Waals surface area contributed by atoms with Gasteiger partial charge in [-0.3, -0.25) is 4.21 Å². The van der Waals surface area contributed by atoms with Crippen molar-refractivity contribution in [2.45, 2.75) is 61.3 Å². The van der Waals surface area contributed by atoms with Crippen molar-refractivity contribution in [3.8, 4) is 5.88 Å². The average molecular weight is 489 g/mol. The van der Waals surface area contributed by atoms with Crippen molar-refractivity contribution in [3.05, 3.63) is 34.9 Å². The van der Waals surface area contributed by atoms with Crippen LogP contribution in [0.15, 0.2) is 29.2 Å². The summed E-state index contributed by atoms with van der Waals surface area (Å²) in [5.41, 5.74) is 1.34. The lowest BCUT2D eigenvalue weighted by Gasteiger charge is -2.53. The Morgan fingerprint density at radius 2 is 1.88 bits per heavy atom. The van der Waals surface area contributed by atoms with Crippen LogP contribution in [0.5, 0.6) is 5.88 Å². The summed E-state index contributed by atoms with van der Waals surface area (Å²) in [4.78, 5) is 12.2. The number of aromatic nitrogens is 2. The van der Waals surface area contributed by atoms with Crippen LogP contribution >= 0.6 is 11.6 Å². The summed E-state index contributed by atoms with van der Waals surface area (Å²) in [7, 11) is -1.28. The molecule has 0 radical (unpaired) electrons. The van der Waals surface area contributed by atoms with Gasteiger partial charge < -0.3 is 20.1 Å². The number of aliphatic hydroxyl groups is 1. The van der Waals surface area contributed by atoms with Crippen LogP contribution in [0.3, 0.4) is 0 Å². The van der Waals surface area contributed by atoms with Gasteiger partial charge in [0.25, 0.3) is 0 Å². The van der Waals surface area contributed by atoms with Gasteiger partial charge in [0.15, 0.2) is 11.8 Å². The molecule has 33 heavy (non-hydrogen) atoms. The largest absolute Gasteiger partial charge is 0.463 e. The van der Waals surface area contributed by atoms with Crippen LogP contribution in [0.4, 0.5) is 11.8 Å². The summed E-state index contributed by atoms with van der Waals surface area (Å²) in [5, 5.41) is 14.1. The Kier molecular flexibility index (Phi) is 5.31. The van der Waals surface area contributed by atoms with Crippen LogP contribution in [0.1, 0.15) is 56.4 Å². The smallest absolute Gasteiger partial charge is 0.238 e. The Morgan fingerprint density at radius 3 is 2.52 bits per heavy atom. The number of ether oxygens (including phenoxy) is 1. The van der Waals surface area contributed by atoms with Crippen LogP contribution in [0, 0.1) is 5.41 Å². The standard InChI is InChI=1S/C24H29ClN4O3S/c25-18-4-2-16(3-5-18)17-6-10-23(11-7-17)12-29(13-23)22-26-20(28-24(14-30)8-1-9-24)19-21(27-22)32-15-33(19)31/h2-5,17,30H,1,6-15H2,(H,26,27,28)/t33-/m1/s1. The number of nitrogens with zero attached hydrogens (tertiary/aromatic N) is 3. The minimum atomic E-state index is -1.28. The summed E-state index contributed by atoms with van der Waals surface area (Å²) in [6.45, 7) is 1.91. The quantitative estimate of drug-likeness (QED) is 0.655. The molecule has 0 amide bonds. The molecule has 2 N–H and O–H groups in total. The molecule has 0 unspecified atom stereocenters. The molecular weight excluding hydrogens is 460 g/mol. The van der Waals surface area contributed by atoms with E-state index in [0.29, 0.717) is 33.9 Å². The molecule has 9 heteroatoms. The van der Waals surface area contributed by atoms with Crippen LogP contribution in [0.25, 0.3) is 0 Å². The van der Waals surface area contributed by atoms with Gasteiger partial charge in [-0.25, -0.2) is 0 Å². The van der Waals surface area contributed by atoms with Crippen molar-refractivity contribution < 1.29 is 14.1 Å². The third kappa shape index (κ3) is 3.80. The lowest BCUT2D eigenvalue weighted by atomic mass is 9.65. The number of fused-ring (bicyclic) bond motifs is 1. The first kappa shape index (κ1) is 21.6. The fourth-order valence-corrected chi connectivity index (χ4v) is 6.89. The molecule has 1 spiro atoms. The van der Waals surface area contributed by atoms with E-state index < -0.39 is 10.8 Å². The van der Waals surface area contributed by atoms with E-state index in [-0.39, 0.29) is 18.1 Å². The van der Waals surface area contributed by atoms with E-state index >= 15 is 0 Å². The van der Waals surface area contributed by atoms with Crippen LogP contribution in [-0.4, -0.2) is 50.5 Å². The van der Waals surface area contributed by atoms with Gasteiger partial charge in [0, 0.05) is 23.5 Å². The Hall–Kier alpha value is -1.90. The molecule has 1 aromatic carbocycles. The summed E-state index contributed by atoms with van der Waals surface area (Å²) in [6, 6.07) is 8.30. The van der Waals surface area contributed by atoms with E-state index in [1.165, 1.54) is 31.2 Å². The van der Waals surface area contributed by atoms with Gasteiger partial charge in [-0.05, 0) is 68.6 Å². The maximum absolute atomic E-state index is 12.5. The van der Waals surface area contributed by atoms with Crippen molar-refractivity contribution in [1.29, 1.82) is 0 Å². The summed E-state index contributed by atoms with van der Waals surface area (Å²) in [6.07, 6.45) is 7.60. The molecule has 3 heterocycles. The normalized spacial score (nSPS) is 25.2. The monoisotopic (exact) mass is 488 g/mol. The van der Waals surface area contributed by atoms with Gasteiger partial charge in [-0.15, -0.1) is 0 Å². The summed E-state index contributed by atoms with van der Waals surface area (Å²) < 4.78 is 18.2. The molecule has 2 aliphatic carbocycles. The summed E-state index contributed by atoms with van der Waals surface area (Å²) >= 11 is 6.05. The number of benzene rings is 1. The van der Waals surface area contributed by atoms with E-state index in [4.69, 9.17) is 21.3 Å². The molecule has 0 bridgehead atoms. The van der Waals surface area contributed by atoms with Crippen molar-refractivity contribution in [1.82, 2.24) is 9.97 Å². The number of nitrogens with one attached hydrogen (secondary N) is 1. The van der Waals surface area contributed by atoms with E-state index in [0.717, 1.165) is 37.4 Å². The highest BCUT2D eigenvalue weighted by molar-refractivity contribution is 7.85. The maximum atomic E-state index is 12.5. The Morgan fingerprint density at radius 1 is 1.15 bits per heavy atom. The molecule has 6 rings (SSSR count). The Balaban J connectivity index is 1.16. The second-order valence-electron chi connectivity index (χ2n) is 10.2. The molecule has 1 saturated heterocycles. The zero-order valence-corrected chi connectivity index (χ0v) is 20.1. The zero-order chi connectivity index (χ0) is 22.6. The third-order valence-electron chi connectivity index (χ3n) is 8.07. The SMILES string of the molecule is O=[S@@]1COc2nc(N3CC4(CCC(c5ccc(Cl)cc5)CC4)C3)nc(NC3(CO)CCC3)c21. The first-order valence-electron chi connectivity index (χ1n) is 11.8. The lowest BCUT2D eigenvalue weighted by molar-refractivity contribution is 0.126. The van der Waals surface area contributed by atoms with Crippen LogP contribution < -0.4 is 15.0 Å². The number of aliphatic hydroxyl groups excluding tert-OH is 1.